The molecule has 1 saturated heterocycles. The predicted octanol–water partition coefficient (Wildman–Crippen LogP) is 3.73. The van der Waals surface area contributed by atoms with Gasteiger partial charge in [0.05, 0.1) is 6.61 Å². The van der Waals surface area contributed by atoms with Crippen LogP contribution in [0.25, 0.3) is 0 Å². The van der Waals surface area contributed by atoms with Crippen molar-refractivity contribution in [3.05, 3.63) is 59.8 Å². The quantitative estimate of drug-likeness (QED) is 0.779. The second kappa shape index (κ2) is 8.68. The predicted molar refractivity (Wildman–Crippen MR) is 93.9 cm³/mol. The fourth-order valence-electron chi connectivity index (χ4n) is 3.03. The first-order valence-electron chi connectivity index (χ1n) is 8.74. The Hall–Kier alpha value is -1.87. The van der Waals surface area contributed by atoms with Crippen LogP contribution in [0.2, 0.25) is 0 Å². The van der Waals surface area contributed by atoms with E-state index < -0.39 is 0 Å². The molecule has 3 rings (SSSR count). The zero-order valence-electron chi connectivity index (χ0n) is 13.8. The lowest BCUT2D eigenvalue weighted by atomic mass is 10.1. The number of pyridine rings is 1. The van der Waals surface area contributed by atoms with Gasteiger partial charge in [0.15, 0.2) is 0 Å². The number of benzene rings is 1. The summed E-state index contributed by atoms with van der Waals surface area (Å²) in [5, 5.41) is 0. The SMILES string of the molecule is c1ccc(CCOc2ccc(CCN3CCCCC3)cn2)cc1. The van der Waals surface area contributed by atoms with Gasteiger partial charge < -0.3 is 9.64 Å². The minimum Gasteiger partial charge on any atom is -0.477 e. The van der Waals surface area contributed by atoms with Gasteiger partial charge in [-0.25, -0.2) is 4.98 Å². The van der Waals surface area contributed by atoms with E-state index in [0.29, 0.717) is 6.61 Å². The van der Waals surface area contributed by atoms with E-state index in [9.17, 15) is 0 Å². The molecule has 0 bridgehead atoms. The van der Waals surface area contributed by atoms with Gasteiger partial charge in [-0.05, 0) is 43.5 Å². The Morgan fingerprint density at radius 2 is 1.70 bits per heavy atom. The molecule has 0 aliphatic carbocycles. The maximum Gasteiger partial charge on any atom is 0.213 e. The summed E-state index contributed by atoms with van der Waals surface area (Å²) in [4.78, 5) is 7.00. The van der Waals surface area contributed by atoms with Gasteiger partial charge >= 0.3 is 0 Å². The van der Waals surface area contributed by atoms with Gasteiger partial charge in [0.2, 0.25) is 5.88 Å². The van der Waals surface area contributed by atoms with Crippen molar-refractivity contribution in [2.75, 3.05) is 26.2 Å². The second-order valence-corrected chi connectivity index (χ2v) is 6.24. The molecular weight excluding hydrogens is 284 g/mol. The normalized spacial score (nSPS) is 15.5. The minimum absolute atomic E-state index is 0.671. The van der Waals surface area contributed by atoms with Crippen molar-refractivity contribution in [3.8, 4) is 5.88 Å². The van der Waals surface area contributed by atoms with Gasteiger partial charge in [-0.3, -0.25) is 0 Å². The van der Waals surface area contributed by atoms with Crippen molar-refractivity contribution >= 4 is 0 Å². The molecule has 0 saturated carbocycles. The van der Waals surface area contributed by atoms with Crippen LogP contribution in [-0.4, -0.2) is 36.1 Å². The number of nitrogens with zero attached hydrogens (tertiary/aromatic N) is 2. The molecule has 1 aliphatic rings. The summed E-state index contributed by atoms with van der Waals surface area (Å²) < 4.78 is 5.74. The first-order chi connectivity index (χ1) is 11.4. The van der Waals surface area contributed by atoms with Crippen molar-refractivity contribution in [2.24, 2.45) is 0 Å². The lowest BCUT2D eigenvalue weighted by Gasteiger charge is -2.26. The standard InChI is InChI=1S/C20H26N2O/c1-3-7-18(8-4-1)12-16-23-20-10-9-19(17-21-20)11-15-22-13-5-2-6-14-22/h1,3-4,7-10,17H,2,5-6,11-16H2. The van der Waals surface area contributed by atoms with E-state index in [1.807, 2.05) is 18.3 Å². The van der Waals surface area contributed by atoms with Crippen LogP contribution in [0.15, 0.2) is 48.7 Å². The van der Waals surface area contributed by atoms with E-state index in [-0.39, 0.29) is 0 Å². The molecule has 0 atom stereocenters. The molecule has 1 aromatic heterocycles. The second-order valence-electron chi connectivity index (χ2n) is 6.24. The lowest BCUT2D eigenvalue weighted by Crippen LogP contribution is -2.31. The molecule has 2 aromatic rings. The Kier molecular flexibility index (Phi) is 6.04. The van der Waals surface area contributed by atoms with Crippen LogP contribution < -0.4 is 4.74 Å². The molecule has 3 nitrogen and oxygen atoms in total. The first kappa shape index (κ1) is 16.0. The lowest BCUT2D eigenvalue weighted by molar-refractivity contribution is 0.231. The Morgan fingerprint density at radius 3 is 2.43 bits per heavy atom. The fourth-order valence-corrected chi connectivity index (χ4v) is 3.03. The molecule has 0 spiro atoms. The maximum atomic E-state index is 5.74. The smallest absolute Gasteiger partial charge is 0.213 e. The summed E-state index contributed by atoms with van der Waals surface area (Å²) in [5.74, 6) is 0.725. The van der Waals surface area contributed by atoms with Gasteiger partial charge in [0.1, 0.15) is 0 Å². The third-order valence-corrected chi connectivity index (χ3v) is 4.45. The Bertz CT molecular complexity index is 562. The summed E-state index contributed by atoms with van der Waals surface area (Å²) in [5.41, 5.74) is 2.59. The average molecular weight is 310 g/mol. The highest BCUT2D eigenvalue weighted by Gasteiger charge is 2.09. The van der Waals surface area contributed by atoms with E-state index >= 15 is 0 Å². The van der Waals surface area contributed by atoms with E-state index in [2.05, 4.69) is 40.2 Å². The molecular formula is C20H26N2O. The van der Waals surface area contributed by atoms with E-state index in [0.717, 1.165) is 25.3 Å². The number of hydrogen-bond acceptors (Lipinski definition) is 3. The van der Waals surface area contributed by atoms with Crippen molar-refractivity contribution in [1.82, 2.24) is 9.88 Å². The van der Waals surface area contributed by atoms with Crippen LogP contribution in [0.5, 0.6) is 5.88 Å². The van der Waals surface area contributed by atoms with Crippen LogP contribution in [0.4, 0.5) is 0 Å². The number of hydrogen-bond donors (Lipinski definition) is 0. The first-order valence-corrected chi connectivity index (χ1v) is 8.74. The molecule has 2 heterocycles. The number of piperidine rings is 1. The molecule has 0 N–H and O–H groups in total. The van der Waals surface area contributed by atoms with Crippen molar-refractivity contribution < 1.29 is 4.74 Å². The third kappa shape index (κ3) is 5.36. The molecule has 0 unspecified atom stereocenters. The van der Waals surface area contributed by atoms with Gasteiger partial charge in [0, 0.05) is 25.2 Å². The number of aromatic nitrogens is 1. The molecule has 0 amide bonds. The zero-order valence-corrected chi connectivity index (χ0v) is 13.8. The monoisotopic (exact) mass is 310 g/mol. The summed E-state index contributed by atoms with van der Waals surface area (Å²) >= 11 is 0. The largest absolute Gasteiger partial charge is 0.477 e. The molecule has 0 radical (unpaired) electrons. The summed E-state index contributed by atoms with van der Waals surface area (Å²) in [6.45, 7) is 4.34. The highest BCUT2D eigenvalue weighted by atomic mass is 16.5. The van der Waals surface area contributed by atoms with Gasteiger partial charge in [-0.2, -0.15) is 0 Å². The average Bonchev–Trinajstić information content (AvgIpc) is 2.63. The van der Waals surface area contributed by atoms with Crippen LogP contribution >= 0.6 is 0 Å². The molecule has 1 aliphatic heterocycles. The summed E-state index contributed by atoms with van der Waals surface area (Å²) in [6, 6.07) is 14.6. The van der Waals surface area contributed by atoms with Gasteiger partial charge in [-0.15, -0.1) is 0 Å². The topological polar surface area (TPSA) is 25.4 Å². The molecule has 1 aromatic carbocycles. The zero-order chi connectivity index (χ0) is 15.7. The molecule has 23 heavy (non-hydrogen) atoms. The molecule has 122 valence electrons. The fraction of sp³-hybridized carbons (Fsp3) is 0.450. The van der Waals surface area contributed by atoms with E-state index in [1.165, 1.54) is 43.5 Å². The van der Waals surface area contributed by atoms with Crippen molar-refractivity contribution in [2.45, 2.75) is 32.1 Å². The van der Waals surface area contributed by atoms with Crippen LogP contribution in [-0.2, 0) is 12.8 Å². The maximum absolute atomic E-state index is 5.74. The summed E-state index contributed by atoms with van der Waals surface area (Å²) in [6.07, 6.45) is 8.06. The van der Waals surface area contributed by atoms with Gasteiger partial charge in [0.25, 0.3) is 0 Å². The number of likely N-dealkylation sites (tertiary alicyclic amines) is 1. The number of ether oxygens (including phenoxy) is 1. The summed E-state index contributed by atoms with van der Waals surface area (Å²) in [7, 11) is 0. The van der Waals surface area contributed by atoms with Crippen LogP contribution in [0, 0.1) is 0 Å². The van der Waals surface area contributed by atoms with Crippen LogP contribution in [0.1, 0.15) is 30.4 Å². The van der Waals surface area contributed by atoms with Crippen molar-refractivity contribution in [1.29, 1.82) is 0 Å². The Morgan fingerprint density at radius 1 is 0.870 bits per heavy atom. The van der Waals surface area contributed by atoms with E-state index in [1.54, 1.807) is 0 Å². The van der Waals surface area contributed by atoms with Crippen molar-refractivity contribution in [3.63, 3.8) is 0 Å². The third-order valence-electron chi connectivity index (χ3n) is 4.45. The Balaban J connectivity index is 1.40. The van der Waals surface area contributed by atoms with E-state index in [4.69, 9.17) is 4.74 Å². The molecule has 3 heteroatoms. The number of rotatable bonds is 7. The van der Waals surface area contributed by atoms with Gasteiger partial charge in [-0.1, -0.05) is 42.8 Å². The minimum atomic E-state index is 0.671. The highest BCUT2D eigenvalue weighted by molar-refractivity contribution is 5.19. The highest BCUT2D eigenvalue weighted by Crippen LogP contribution is 2.12. The Labute approximate surface area is 139 Å². The molecule has 1 fully saturated rings. The van der Waals surface area contributed by atoms with Crippen LogP contribution in [0.3, 0.4) is 0 Å².